The number of rotatable bonds is 5. The smallest absolute Gasteiger partial charge is 0.263 e. The number of nitrogens with zero attached hydrogens (tertiary/aromatic N) is 5. The molecular weight excluding hydrogens is 486 g/mol. The first-order valence-electron chi connectivity index (χ1n) is 11.7. The first-order valence-corrected chi connectivity index (χ1v) is 12.9. The minimum atomic E-state index is -0.630. The summed E-state index contributed by atoms with van der Waals surface area (Å²) in [4.78, 5) is 40.5. The Hall–Kier alpha value is -2.69. The molecule has 1 amide bonds. The van der Waals surface area contributed by atoms with E-state index >= 15 is 0 Å². The second kappa shape index (κ2) is 9.40. The monoisotopic (exact) mass is 513 g/mol. The van der Waals surface area contributed by atoms with Gasteiger partial charge in [0, 0.05) is 24.0 Å². The van der Waals surface area contributed by atoms with Crippen LogP contribution in [0.1, 0.15) is 32.6 Å². The Morgan fingerprint density at radius 1 is 1.20 bits per heavy atom. The Morgan fingerprint density at radius 2 is 1.97 bits per heavy atom. The molecular formula is C24H28ClN7O2S. The van der Waals surface area contributed by atoms with Gasteiger partial charge in [0.2, 0.25) is 5.91 Å². The Morgan fingerprint density at radius 3 is 2.60 bits per heavy atom. The zero-order valence-corrected chi connectivity index (χ0v) is 21.1. The van der Waals surface area contributed by atoms with Crippen LogP contribution in [0.3, 0.4) is 0 Å². The maximum atomic E-state index is 12.8. The molecule has 2 atom stereocenters. The van der Waals surface area contributed by atoms with Gasteiger partial charge < -0.3 is 16.4 Å². The van der Waals surface area contributed by atoms with Crippen LogP contribution in [0.2, 0.25) is 5.02 Å². The van der Waals surface area contributed by atoms with Crippen LogP contribution < -0.4 is 21.9 Å². The number of fused-ring (bicyclic) bond motifs is 1. The van der Waals surface area contributed by atoms with Crippen molar-refractivity contribution in [3.63, 3.8) is 0 Å². The Kier molecular flexibility index (Phi) is 6.45. The van der Waals surface area contributed by atoms with Crippen molar-refractivity contribution in [3.05, 3.63) is 46.2 Å². The summed E-state index contributed by atoms with van der Waals surface area (Å²) in [6.45, 7) is 3.87. The Balaban J connectivity index is 1.31. The van der Waals surface area contributed by atoms with E-state index in [1.807, 2.05) is 0 Å². The van der Waals surface area contributed by atoms with Gasteiger partial charge in [0.15, 0.2) is 0 Å². The van der Waals surface area contributed by atoms with Crippen molar-refractivity contribution in [2.24, 2.45) is 22.8 Å². The zero-order valence-electron chi connectivity index (χ0n) is 19.5. The highest BCUT2D eigenvalue weighted by Gasteiger charge is 2.46. The molecule has 2 aromatic heterocycles. The van der Waals surface area contributed by atoms with Crippen LogP contribution in [0, 0.1) is 11.3 Å². The lowest BCUT2D eigenvalue weighted by Gasteiger charge is -2.43. The molecule has 9 nitrogen and oxygen atoms in total. The number of carbonyl (C=O) groups excluding carboxylic acids is 1. The molecule has 1 saturated carbocycles. The van der Waals surface area contributed by atoms with Gasteiger partial charge in [-0.25, -0.2) is 15.0 Å². The van der Waals surface area contributed by atoms with Crippen LogP contribution in [0.25, 0.3) is 10.9 Å². The molecule has 5 rings (SSSR count). The van der Waals surface area contributed by atoms with Gasteiger partial charge in [-0.05, 0) is 49.1 Å². The Labute approximate surface area is 212 Å². The fraction of sp³-hybridized carbons (Fsp3) is 0.458. The number of piperidine rings is 1. The summed E-state index contributed by atoms with van der Waals surface area (Å²) >= 11 is 7.90. The standard InChI is InChI=1S/C24H28ClN7O2S/c1-14-4-5-24(22(14)27)6-8-31(9-7-24)18-10-29-19(11-28-18)35-16-3-2-15-20(21(16)25)23(34)32(13-30-15)12-17(26)33/h2-3,10-11,13-14,22H,4-9,12,27H2,1H3,(H2,26,33)/t14-,22-/m1/s1. The van der Waals surface area contributed by atoms with E-state index in [9.17, 15) is 9.59 Å². The van der Waals surface area contributed by atoms with Gasteiger partial charge in [-0.2, -0.15) is 0 Å². The number of aromatic nitrogens is 4. The largest absolute Gasteiger partial charge is 0.368 e. The van der Waals surface area contributed by atoms with E-state index in [-0.39, 0.29) is 28.4 Å². The number of anilines is 1. The second-order valence-corrected chi connectivity index (χ2v) is 11.1. The van der Waals surface area contributed by atoms with Crippen LogP contribution in [0.4, 0.5) is 5.82 Å². The lowest BCUT2D eigenvalue weighted by molar-refractivity contribution is -0.118. The third-order valence-electron chi connectivity index (χ3n) is 7.55. The van der Waals surface area contributed by atoms with Crippen LogP contribution in [-0.4, -0.2) is 44.6 Å². The van der Waals surface area contributed by atoms with E-state index < -0.39 is 11.5 Å². The summed E-state index contributed by atoms with van der Waals surface area (Å²) < 4.78 is 1.15. The third kappa shape index (κ3) is 4.50. The van der Waals surface area contributed by atoms with Gasteiger partial charge >= 0.3 is 0 Å². The lowest BCUT2D eigenvalue weighted by atomic mass is 9.73. The summed E-state index contributed by atoms with van der Waals surface area (Å²) in [5.74, 6) is 0.822. The molecule has 1 saturated heterocycles. The van der Waals surface area contributed by atoms with Crippen molar-refractivity contribution in [1.82, 2.24) is 19.5 Å². The normalized spacial score (nSPS) is 21.6. The molecule has 4 N–H and O–H groups in total. The van der Waals surface area contributed by atoms with Crippen LogP contribution in [0.5, 0.6) is 0 Å². The SMILES string of the molecule is C[C@@H]1CCC2(CCN(c3cnc(Sc4ccc5ncn(CC(N)=O)c(=O)c5c4Cl)cn3)CC2)[C@@H]1N. The first kappa shape index (κ1) is 24.0. The van der Waals surface area contributed by atoms with E-state index in [1.54, 1.807) is 24.5 Å². The average molecular weight is 514 g/mol. The summed E-state index contributed by atoms with van der Waals surface area (Å²) in [7, 11) is 0. The van der Waals surface area contributed by atoms with Crippen molar-refractivity contribution in [2.75, 3.05) is 18.0 Å². The maximum absolute atomic E-state index is 12.8. The molecule has 0 unspecified atom stereocenters. The summed E-state index contributed by atoms with van der Waals surface area (Å²) in [6.07, 6.45) is 9.43. The number of amides is 1. The predicted molar refractivity (Wildman–Crippen MR) is 137 cm³/mol. The molecule has 2 aliphatic rings. The second-order valence-electron chi connectivity index (χ2n) is 9.62. The number of benzene rings is 1. The minimum Gasteiger partial charge on any atom is -0.368 e. The molecule has 1 spiro atoms. The van der Waals surface area contributed by atoms with E-state index in [4.69, 9.17) is 23.1 Å². The highest BCUT2D eigenvalue weighted by atomic mass is 35.5. The fourth-order valence-corrected chi connectivity index (χ4v) is 6.53. The number of nitrogens with two attached hydrogens (primary N) is 2. The molecule has 184 valence electrons. The quantitative estimate of drug-likeness (QED) is 0.532. The molecule has 35 heavy (non-hydrogen) atoms. The number of carbonyl (C=O) groups is 1. The molecule has 3 heterocycles. The highest BCUT2D eigenvalue weighted by molar-refractivity contribution is 7.99. The highest BCUT2D eigenvalue weighted by Crippen LogP contribution is 2.48. The molecule has 3 aromatic rings. The zero-order chi connectivity index (χ0) is 24.7. The summed E-state index contributed by atoms with van der Waals surface area (Å²) in [5.41, 5.74) is 12.1. The fourth-order valence-electron chi connectivity index (χ4n) is 5.41. The maximum Gasteiger partial charge on any atom is 0.263 e. The van der Waals surface area contributed by atoms with Crippen molar-refractivity contribution in [1.29, 1.82) is 0 Å². The molecule has 1 aliphatic carbocycles. The Bertz CT molecular complexity index is 1320. The molecule has 11 heteroatoms. The van der Waals surface area contributed by atoms with E-state index in [1.165, 1.54) is 30.9 Å². The molecule has 1 aliphatic heterocycles. The minimum absolute atomic E-state index is 0.242. The molecule has 0 radical (unpaired) electrons. The van der Waals surface area contributed by atoms with Crippen molar-refractivity contribution >= 4 is 46.0 Å². The van der Waals surface area contributed by atoms with E-state index in [2.05, 4.69) is 26.8 Å². The van der Waals surface area contributed by atoms with Crippen LogP contribution in [-0.2, 0) is 11.3 Å². The van der Waals surface area contributed by atoms with Crippen molar-refractivity contribution in [2.45, 2.75) is 55.1 Å². The van der Waals surface area contributed by atoms with Gasteiger partial charge in [0.05, 0.1) is 34.6 Å². The summed E-state index contributed by atoms with van der Waals surface area (Å²) in [6, 6.07) is 3.81. The third-order valence-corrected chi connectivity index (χ3v) is 9.04. The number of halogens is 1. The summed E-state index contributed by atoms with van der Waals surface area (Å²) in [5, 5.41) is 1.17. The number of hydrogen-bond donors (Lipinski definition) is 2. The van der Waals surface area contributed by atoms with E-state index in [0.717, 1.165) is 36.3 Å². The van der Waals surface area contributed by atoms with Crippen LogP contribution in [0.15, 0.2) is 45.6 Å². The van der Waals surface area contributed by atoms with Gasteiger partial charge in [-0.15, -0.1) is 0 Å². The molecule has 2 fully saturated rings. The van der Waals surface area contributed by atoms with E-state index in [0.29, 0.717) is 21.4 Å². The van der Waals surface area contributed by atoms with Gasteiger partial charge in [-0.1, -0.05) is 30.3 Å². The van der Waals surface area contributed by atoms with Gasteiger partial charge in [0.25, 0.3) is 5.56 Å². The lowest BCUT2D eigenvalue weighted by Crippen LogP contribution is -2.48. The van der Waals surface area contributed by atoms with Crippen molar-refractivity contribution in [3.8, 4) is 0 Å². The van der Waals surface area contributed by atoms with Gasteiger partial charge in [0.1, 0.15) is 17.4 Å². The van der Waals surface area contributed by atoms with Crippen molar-refractivity contribution < 1.29 is 4.79 Å². The topological polar surface area (TPSA) is 133 Å². The average Bonchev–Trinajstić information content (AvgIpc) is 3.12. The molecule has 1 aromatic carbocycles. The number of hydrogen-bond acceptors (Lipinski definition) is 8. The predicted octanol–water partition coefficient (Wildman–Crippen LogP) is 2.82. The number of primary amides is 1. The van der Waals surface area contributed by atoms with Crippen LogP contribution >= 0.6 is 23.4 Å². The first-order chi connectivity index (χ1) is 16.8. The molecule has 0 bridgehead atoms. The van der Waals surface area contributed by atoms with Gasteiger partial charge in [-0.3, -0.25) is 14.2 Å².